The van der Waals surface area contributed by atoms with Gasteiger partial charge < -0.3 is 15.0 Å². The summed E-state index contributed by atoms with van der Waals surface area (Å²) in [6.07, 6.45) is 5.63. The fourth-order valence-corrected chi connectivity index (χ4v) is 4.36. The lowest BCUT2D eigenvalue weighted by atomic mass is 9.92. The lowest BCUT2D eigenvalue weighted by molar-refractivity contribution is 0.139. The van der Waals surface area contributed by atoms with Crippen molar-refractivity contribution in [3.63, 3.8) is 0 Å². The molecule has 0 aliphatic heterocycles. The summed E-state index contributed by atoms with van der Waals surface area (Å²) >= 11 is 18.7. The summed E-state index contributed by atoms with van der Waals surface area (Å²) in [5.41, 5.74) is 0.859. The van der Waals surface area contributed by atoms with Gasteiger partial charge in [0.25, 0.3) is 5.56 Å². The lowest BCUT2D eigenvalue weighted by Gasteiger charge is -2.30. The predicted molar refractivity (Wildman–Crippen MR) is 120 cm³/mol. The summed E-state index contributed by atoms with van der Waals surface area (Å²) in [5.74, 6) is 0.631. The van der Waals surface area contributed by atoms with E-state index in [1.54, 1.807) is 18.3 Å². The predicted octanol–water partition coefficient (Wildman–Crippen LogP) is 5.97. The van der Waals surface area contributed by atoms with Gasteiger partial charge in [-0.1, -0.05) is 34.8 Å². The van der Waals surface area contributed by atoms with Crippen LogP contribution in [-0.4, -0.2) is 17.1 Å². The van der Waals surface area contributed by atoms with Crippen LogP contribution in [-0.2, 0) is 6.54 Å². The highest BCUT2D eigenvalue weighted by atomic mass is 35.5. The molecule has 4 nitrogen and oxygen atoms in total. The molecule has 1 aromatic heterocycles. The first-order valence-corrected chi connectivity index (χ1v) is 10.8. The van der Waals surface area contributed by atoms with Gasteiger partial charge in [0.05, 0.1) is 11.1 Å². The van der Waals surface area contributed by atoms with Gasteiger partial charge in [-0.15, -0.1) is 0 Å². The molecule has 1 aliphatic rings. The van der Waals surface area contributed by atoms with Crippen molar-refractivity contribution in [2.24, 2.45) is 0 Å². The number of hydrogen-bond acceptors (Lipinski definition) is 3. The lowest BCUT2D eigenvalue weighted by Crippen LogP contribution is -2.36. The van der Waals surface area contributed by atoms with Crippen LogP contribution in [0.4, 0.5) is 0 Å². The highest BCUT2D eigenvalue weighted by Gasteiger charge is 2.23. The van der Waals surface area contributed by atoms with Gasteiger partial charge in [-0.05, 0) is 73.0 Å². The van der Waals surface area contributed by atoms with Crippen molar-refractivity contribution in [1.29, 1.82) is 0 Å². The Morgan fingerprint density at radius 1 is 1.00 bits per heavy atom. The van der Waals surface area contributed by atoms with Crippen LogP contribution >= 0.6 is 34.8 Å². The number of pyridine rings is 1. The minimum absolute atomic E-state index is 0.111. The van der Waals surface area contributed by atoms with Crippen LogP contribution in [0.15, 0.2) is 47.4 Å². The van der Waals surface area contributed by atoms with E-state index in [1.807, 2.05) is 24.3 Å². The van der Waals surface area contributed by atoms with Gasteiger partial charge in [-0.3, -0.25) is 4.79 Å². The Morgan fingerprint density at radius 3 is 2.59 bits per heavy atom. The minimum Gasteiger partial charge on any atom is -0.489 e. The number of fused-ring (bicyclic) bond motifs is 1. The molecule has 7 heteroatoms. The maximum Gasteiger partial charge on any atom is 0.255 e. The standard InChI is InChI=1S/C22H21Cl3N2O2/c23-15-1-6-19(24)14(9-15)12-27-16-2-4-17(5-3-16)29-21-10-13-7-8-26-22(28)18(13)11-20(21)25/h1,6-11,16-17,27H,2-5,12H2,(H,26,28)/t16-,17+. The van der Waals surface area contributed by atoms with Crippen molar-refractivity contribution in [3.8, 4) is 5.75 Å². The number of H-pyrrole nitrogens is 1. The van der Waals surface area contributed by atoms with Crippen LogP contribution in [0, 0.1) is 0 Å². The van der Waals surface area contributed by atoms with Gasteiger partial charge in [0.1, 0.15) is 5.75 Å². The first-order chi connectivity index (χ1) is 14.0. The Morgan fingerprint density at radius 2 is 1.79 bits per heavy atom. The Bertz CT molecular complexity index is 1080. The van der Waals surface area contributed by atoms with E-state index in [4.69, 9.17) is 39.5 Å². The number of benzene rings is 2. The van der Waals surface area contributed by atoms with Crippen LogP contribution in [0.5, 0.6) is 5.75 Å². The zero-order chi connectivity index (χ0) is 20.4. The van der Waals surface area contributed by atoms with Gasteiger partial charge in [0.2, 0.25) is 0 Å². The number of aromatic amines is 1. The average Bonchev–Trinajstić information content (AvgIpc) is 2.71. The van der Waals surface area contributed by atoms with Gasteiger partial charge in [0.15, 0.2) is 0 Å². The molecule has 2 N–H and O–H groups in total. The number of aromatic nitrogens is 1. The van der Waals surface area contributed by atoms with E-state index in [2.05, 4.69) is 10.3 Å². The first-order valence-electron chi connectivity index (χ1n) is 9.64. The Labute approximate surface area is 184 Å². The Hall–Kier alpha value is -1.72. The summed E-state index contributed by atoms with van der Waals surface area (Å²) in [6.45, 7) is 0.695. The third kappa shape index (κ3) is 4.89. The van der Waals surface area contributed by atoms with Crippen molar-refractivity contribution in [2.45, 2.75) is 44.4 Å². The SMILES string of the molecule is O=c1[nH]ccc2cc(O[C@H]3CC[C@@H](NCc4cc(Cl)ccc4Cl)CC3)c(Cl)cc12. The summed E-state index contributed by atoms with van der Waals surface area (Å²) in [7, 11) is 0. The molecular formula is C22H21Cl3N2O2. The molecule has 0 bridgehead atoms. The molecule has 0 radical (unpaired) electrons. The second kappa shape index (κ2) is 8.97. The molecule has 2 aromatic carbocycles. The molecule has 152 valence electrons. The van der Waals surface area contributed by atoms with Gasteiger partial charge in [0, 0.05) is 34.2 Å². The van der Waals surface area contributed by atoms with E-state index >= 15 is 0 Å². The number of ether oxygens (including phenoxy) is 1. The zero-order valence-corrected chi connectivity index (χ0v) is 17.9. The van der Waals surface area contributed by atoms with E-state index in [0.29, 0.717) is 33.8 Å². The number of hydrogen-bond donors (Lipinski definition) is 2. The number of rotatable bonds is 5. The number of halogens is 3. The fourth-order valence-electron chi connectivity index (χ4n) is 3.78. The smallest absolute Gasteiger partial charge is 0.255 e. The first kappa shape index (κ1) is 20.5. The molecule has 1 fully saturated rings. The molecule has 1 heterocycles. The molecule has 1 saturated carbocycles. The zero-order valence-electron chi connectivity index (χ0n) is 15.7. The van der Waals surface area contributed by atoms with E-state index < -0.39 is 0 Å². The van der Waals surface area contributed by atoms with E-state index in [0.717, 1.165) is 41.7 Å². The van der Waals surface area contributed by atoms with Gasteiger partial charge in [-0.25, -0.2) is 0 Å². The molecule has 29 heavy (non-hydrogen) atoms. The van der Waals surface area contributed by atoms with Gasteiger partial charge >= 0.3 is 0 Å². The molecule has 0 saturated heterocycles. The van der Waals surface area contributed by atoms with Crippen molar-refractivity contribution < 1.29 is 4.74 Å². The minimum atomic E-state index is -0.151. The second-order valence-electron chi connectivity index (χ2n) is 7.38. The molecule has 0 amide bonds. The molecule has 0 atom stereocenters. The number of nitrogens with one attached hydrogen (secondary N) is 2. The van der Waals surface area contributed by atoms with E-state index in [-0.39, 0.29) is 11.7 Å². The molecule has 4 rings (SSSR count). The van der Waals surface area contributed by atoms with E-state index in [1.165, 1.54) is 0 Å². The third-order valence-electron chi connectivity index (χ3n) is 5.38. The van der Waals surface area contributed by atoms with Crippen molar-refractivity contribution >= 4 is 45.6 Å². The van der Waals surface area contributed by atoms with Crippen LogP contribution in [0.1, 0.15) is 31.2 Å². The van der Waals surface area contributed by atoms with Crippen molar-refractivity contribution in [2.75, 3.05) is 0 Å². The normalized spacial score (nSPS) is 19.4. The Kier molecular flexibility index (Phi) is 6.35. The monoisotopic (exact) mass is 450 g/mol. The average molecular weight is 452 g/mol. The summed E-state index contributed by atoms with van der Waals surface area (Å²) < 4.78 is 6.17. The highest BCUT2D eigenvalue weighted by Crippen LogP contribution is 2.32. The summed E-state index contributed by atoms with van der Waals surface area (Å²) in [5, 5.41) is 6.84. The van der Waals surface area contributed by atoms with E-state index in [9.17, 15) is 4.79 Å². The summed E-state index contributed by atoms with van der Waals surface area (Å²) in [4.78, 5) is 14.6. The quantitative estimate of drug-likeness (QED) is 0.502. The molecule has 0 spiro atoms. The second-order valence-corrected chi connectivity index (χ2v) is 8.64. The van der Waals surface area contributed by atoms with Crippen molar-refractivity contribution in [3.05, 3.63) is 73.6 Å². The molecule has 0 unspecified atom stereocenters. The van der Waals surface area contributed by atoms with Crippen LogP contribution in [0.2, 0.25) is 15.1 Å². The molecular weight excluding hydrogens is 431 g/mol. The van der Waals surface area contributed by atoms with Crippen molar-refractivity contribution in [1.82, 2.24) is 10.3 Å². The maximum atomic E-state index is 11.9. The molecule has 1 aliphatic carbocycles. The van der Waals surface area contributed by atoms with Crippen LogP contribution in [0.3, 0.4) is 0 Å². The highest BCUT2D eigenvalue weighted by molar-refractivity contribution is 6.33. The van der Waals surface area contributed by atoms with Gasteiger partial charge in [-0.2, -0.15) is 0 Å². The maximum absolute atomic E-state index is 11.9. The van der Waals surface area contributed by atoms with Crippen LogP contribution in [0.25, 0.3) is 10.8 Å². The van der Waals surface area contributed by atoms with Crippen LogP contribution < -0.4 is 15.6 Å². The summed E-state index contributed by atoms with van der Waals surface area (Å²) in [6, 6.07) is 11.3. The topological polar surface area (TPSA) is 54.1 Å². The molecule has 3 aromatic rings. The largest absolute Gasteiger partial charge is 0.489 e. The fraction of sp³-hybridized carbons (Fsp3) is 0.318. The third-order valence-corrected chi connectivity index (χ3v) is 6.28. The Balaban J connectivity index is 1.34.